The molecule has 0 amide bonds. The second-order valence-corrected chi connectivity index (χ2v) is 12.9. The van der Waals surface area contributed by atoms with Gasteiger partial charge in [-0.3, -0.25) is 14.0 Å². The number of likely N-dealkylation sites (tertiary alicyclic amines) is 1. The number of nitrogens with zero attached hydrogens (tertiary/aromatic N) is 6. The molecule has 2 aromatic carbocycles. The quantitative estimate of drug-likeness (QED) is 0.293. The van der Waals surface area contributed by atoms with Gasteiger partial charge in [-0.25, -0.2) is 28.0 Å². The van der Waals surface area contributed by atoms with Crippen LogP contribution in [-0.2, 0) is 29.2 Å². The summed E-state index contributed by atoms with van der Waals surface area (Å²) in [6.07, 6.45) is 5.03. The molecule has 5 aromatic rings. The van der Waals surface area contributed by atoms with Crippen LogP contribution < -0.4 is 5.69 Å². The number of sulfone groups is 1. The number of carboxylic acid groups (broad SMARTS) is 1. The minimum atomic E-state index is -3.10. The SMILES string of the molecule is Cn1c(C(=O)O)cnc1CN1CC[C@H](n2c(=O)n(-c3ccc(-c4ccc(CS(C)(=O)=O)cc4)cc3)c3cccnc32)C1. The summed E-state index contributed by atoms with van der Waals surface area (Å²) < 4.78 is 28.2. The van der Waals surface area contributed by atoms with Crippen LogP contribution in [0.4, 0.5) is 0 Å². The van der Waals surface area contributed by atoms with Crippen molar-refractivity contribution in [2.75, 3.05) is 19.3 Å². The van der Waals surface area contributed by atoms with Gasteiger partial charge in [0.1, 0.15) is 11.5 Å². The molecular formula is C30H30N6O5S. The van der Waals surface area contributed by atoms with E-state index in [1.165, 1.54) is 12.5 Å². The molecule has 0 radical (unpaired) electrons. The third-order valence-electron chi connectivity index (χ3n) is 7.76. The second kappa shape index (κ2) is 10.7. The van der Waals surface area contributed by atoms with Gasteiger partial charge < -0.3 is 9.67 Å². The lowest BCUT2D eigenvalue weighted by Gasteiger charge is -2.16. The van der Waals surface area contributed by atoms with Gasteiger partial charge >= 0.3 is 11.7 Å². The normalized spacial score (nSPS) is 15.9. The molecule has 1 aliphatic heterocycles. The number of aromatic carboxylic acids is 1. The van der Waals surface area contributed by atoms with Crippen molar-refractivity contribution in [1.82, 2.24) is 28.6 Å². The molecule has 0 spiro atoms. The van der Waals surface area contributed by atoms with Crippen molar-refractivity contribution in [3.05, 3.63) is 101 Å². The maximum atomic E-state index is 13.9. The molecular weight excluding hydrogens is 556 g/mol. The lowest BCUT2D eigenvalue weighted by molar-refractivity contribution is 0.0686. The van der Waals surface area contributed by atoms with E-state index in [2.05, 4.69) is 14.9 Å². The number of imidazole rings is 2. The number of rotatable bonds is 8. The van der Waals surface area contributed by atoms with E-state index in [1.807, 2.05) is 60.7 Å². The Morgan fingerprint density at radius 2 is 1.71 bits per heavy atom. The van der Waals surface area contributed by atoms with Gasteiger partial charge in [-0.15, -0.1) is 0 Å². The first kappa shape index (κ1) is 27.6. The van der Waals surface area contributed by atoms with Crippen LogP contribution in [0.1, 0.15) is 34.3 Å². The third kappa shape index (κ3) is 5.26. The standard InChI is InChI=1S/C30H30N6O5S/c1-33-26(29(37)38)16-32-27(33)18-34-15-13-24(17-34)36-28-25(4-3-14-31-28)35(30(36)39)23-11-9-22(10-12-23)21-7-5-20(6-8-21)19-42(2,40)41/h3-12,14,16,24H,13,15,17-19H2,1-2H3,(H,37,38)/t24-/m0/s1. The summed E-state index contributed by atoms with van der Waals surface area (Å²) >= 11 is 0. The van der Waals surface area contributed by atoms with E-state index in [-0.39, 0.29) is 23.2 Å². The zero-order valence-electron chi connectivity index (χ0n) is 23.2. The van der Waals surface area contributed by atoms with E-state index in [1.54, 1.807) is 26.9 Å². The number of carbonyl (C=O) groups is 1. The highest BCUT2D eigenvalue weighted by atomic mass is 32.2. The highest BCUT2D eigenvalue weighted by molar-refractivity contribution is 7.89. The molecule has 216 valence electrons. The van der Waals surface area contributed by atoms with Gasteiger partial charge in [0.05, 0.1) is 35.7 Å². The number of hydrogen-bond acceptors (Lipinski definition) is 7. The van der Waals surface area contributed by atoms with Gasteiger partial charge in [0, 0.05) is 32.6 Å². The van der Waals surface area contributed by atoms with E-state index in [0.29, 0.717) is 30.1 Å². The summed E-state index contributed by atoms with van der Waals surface area (Å²) in [4.78, 5) is 36.3. The number of benzene rings is 2. The minimum Gasteiger partial charge on any atom is -0.477 e. The van der Waals surface area contributed by atoms with E-state index in [4.69, 9.17) is 0 Å². The van der Waals surface area contributed by atoms with Gasteiger partial charge in [-0.2, -0.15) is 0 Å². The van der Waals surface area contributed by atoms with Crippen molar-refractivity contribution in [3.8, 4) is 16.8 Å². The zero-order chi connectivity index (χ0) is 29.6. The predicted molar refractivity (Wildman–Crippen MR) is 158 cm³/mol. The van der Waals surface area contributed by atoms with Crippen molar-refractivity contribution < 1.29 is 18.3 Å². The highest BCUT2D eigenvalue weighted by Crippen LogP contribution is 2.28. The fourth-order valence-electron chi connectivity index (χ4n) is 5.69. The Labute approximate surface area is 242 Å². The topological polar surface area (TPSA) is 132 Å². The Bertz CT molecular complexity index is 1960. The molecule has 1 aliphatic rings. The summed E-state index contributed by atoms with van der Waals surface area (Å²) in [5.41, 5.74) is 4.66. The first-order valence-electron chi connectivity index (χ1n) is 13.5. The number of carboxylic acids is 1. The van der Waals surface area contributed by atoms with Crippen LogP contribution in [-0.4, -0.2) is 67.4 Å². The molecule has 0 saturated carbocycles. The van der Waals surface area contributed by atoms with Gasteiger partial charge in [0.2, 0.25) is 0 Å². The zero-order valence-corrected chi connectivity index (χ0v) is 24.0. The molecule has 1 N–H and O–H groups in total. The molecule has 12 heteroatoms. The van der Waals surface area contributed by atoms with E-state index >= 15 is 0 Å². The molecule has 0 aliphatic carbocycles. The number of fused-ring (bicyclic) bond motifs is 1. The number of pyridine rings is 1. The Hall–Kier alpha value is -4.55. The first-order chi connectivity index (χ1) is 20.1. The summed E-state index contributed by atoms with van der Waals surface area (Å²) in [6.45, 7) is 1.83. The van der Waals surface area contributed by atoms with Gasteiger partial charge in [-0.1, -0.05) is 36.4 Å². The third-order valence-corrected chi connectivity index (χ3v) is 8.61. The summed E-state index contributed by atoms with van der Waals surface area (Å²) in [5, 5.41) is 9.33. The van der Waals surface area contributed by atoms with Crippen molar-refractivity contribution in [2.45, 2.75) is 24.8 Å². The van der Waals surface area contributed by atoms with E-state index in [0.717, 1.165) is 35.3 Å². The molecule has 4 heterocycles. The predicted octanol–water partition coefficient (Wildman–Crippen LogP) is 3.28. The Balaban J connectivity index is 1.26. The van der Waals surface area contributed by atoms with Crippen molar-refractivity contribution in [1.29, 1.82) is 0 Å². The molecule has 42 heavy (non-hydrogen) atoms. The molecule has 1 atom stereocenters. The van der Waals surface area contributed by atoms with Crippen molar-refractivity contribution in [3.63, 3.8) is 0 Å². The fraction of sp³-hybridized carbons (Fsp3) is 0.267. The second-order valence-electron chi connectivity index (χ2n) is 10.7. The smallest absolute Gasteiger partial charge is 0.354 e. The van der Waals surface area contributed by atoms with Crippen LogP contribution in [0, 0.1) is 0 Å². The summed E-state index contributed by atoms with van der Waals surface area (Å²) in [5.74, 6) is -0.358. The van der Waals surface area contributed by atoms with Crippen LogP contribution in [0.3, 0.4) is 0 Å². The molecule has 3 aromatic heterocycles. The Morgan fingerprint density at radius 3 is 2.36 bits per heavy atom. The van der Waals surface area contributed by atoms with Crippen LogP contribution >= 0.6 is 0 Å². The maximum Gasteiger partial charge on any atom is 0.354 e. The molecule has 0 bridgehead atoms. The largest absolute Gasteiger partial charge is 0.477 e. The number of aromatic nitrogens is 5. The van der Waals surface area contributed by atoms with Gasteiger partial charge in [0.25, 0.3) is 0 Å². The first-order valence-corrected chi connectivity index (χ1v) is 15.6. The van der Waals surface area contributed by atoms with Crippen LogP contribution in [0.5, 0.6) is 0 Å². The highest BCUT2D eigenvalue weighted by Gasteiger charge is 2.30. The molecule has 0 unspecified atom stereocenters. The lowest BCUT2D eigenvalue weighted by atomic mass is 10.0. The summed E-state index contributed by atoms with van der Waals surface area (Å²) in [6, 6.07) is 18.7. The maximum absolute atomic E-state index is 13.9. The van der Waals surface area contributed by atoms with Crippen LogP contribution in [0.25, 0.3) is 28.0 Å². The average Bonchev–Trinajstić information content (AvgIpc) is 3.64. The fourth-order valence-corrected chi connectivity index (χ4v) is 6.49. The van der Waals surface area contributed by atoms with Crippen molar-refractivity contribution >= 4 is 27.0 Å². The average molecular weight is 587 g/mol. The Kier molecular flexibility index (Phi) is 7.03. The van der Waals surface area contributed by atoms with Crippen molar-refractivity contribution in [2.24, 2.45) is 7.05 Å². The monoisotopic (exact) mass is 586 g/mol. The molecule has 1 saturated heterocycles. The molecule has 11 nitrogen and oxygen atoms in total. The number of hydrogen-bond donors (Lipinski definition) is 1. The van der Waals surface area contributed by atoms with Crippen LogP contribution in [0.15, 0.2) is 77.9 Å². The lowest BCUT2D eigenvalue weighted by Crippen LogP contribution is -2.29. The molecule has 6 rings (SSSR count). The van der Waals surface area contributed by atoms with Crippen LogP contribution in [0.2, 0.25) is 0 Å². The minimum absolute atomic E-state index is 0.000645. The Morgan fingerprint density at radius 1 is 1.02 bits per heavy atom. The van der Waals surface area contributed by atoms with E-state index < -0.39 is 15.8 Å². The van der Waals surface area contributed by atoms with Gasteiger partial charge in [-0.05, 0) is 47.4 Å². The van der Waals surface area contributed by atoms with E-state index in [9.17, 15) is 23.1 Å². The molecule has 1 fully saturated rings. The summed E-state index contributed by atoms with van der Waals surface area (Å²) in [7, 11) is -1.41. The van der Waals surface area contributed by atoms with Gasteiger partial charge in [0.15, 0.2) is 15.5 Å².